The number of hydrogen-bond acceptors (Lipinski definition) is 3. The average molecular weight is 809 g/mol. The van der Waals surface area contributed by atoms with E-state index in [1.807, 2.05) is 12.3 Å². The second-order valence-corrected chi connectivity index (χ2v) is 22.4. The summed E-state index contributed by atoms with van der Waals surface area (Å²) in [6, 6.07) is 50.4. The maximum Gasteiger partial charge on any atom is 0.128 e. The highest BCUT2D eigenvalue weighted by molar-refractivity contribution is 7.79. The number of hydrogen-bond donors (Lipinski definition) is 1. The van der Waals surface area contributed by atoms with Crippen LogP contribution in [0.4, 0.5) is 0 Å². The average Bonchev–Trinajstić information content (AvgIpc) is 3.20. The second kappa shape index (κ2) is 16.2. The Bertz CT molecular complexity index is 2600. The van der Waals surface area contributed by atoms with Gasteiger partial charge in [0, 0.05) is 30.8 Å². The number of phenolic OH excluding ortho intramolecular Hbond substituents is 1. The Labute approximate surface area is 360 Å². The zero-order chi connectivity index (χ0) is 43.2. The van der Waals surface area contributed by atoms with Gasteiger partial charge in [0.1, 0.15) is 5.75 Å². The first-order valence-corrected chi connectivity index (χ1v) is 22.6. The third-order valence-corrected chi connectivity index (χ3v) is 13.8. The molecule has 60 heavy (non-hydrogen) atoms. The smallest absolute Gasteiger partial charge is 0.128 e. The molecule has 1 N–H and O–H groups in total. The van der Waals surface area contributed by atoms with Crippen LogP contribution in [-0.2, 0) is 21.7 Å². The highest BCUT2D eigenvalue weighted by Gasteiger charge is 2.28. The summed E-state index contributed by atoms with van der Waals surface area (Å²) in [6.07, 6.45) is 1.90. The molecule has 5 aromatic carbocycles. The first kappa shape index (κ1) is 42.7. The van der Waals surface area contributed by atoms with E-state index in [9.17, 15) is 5.11 Å². The Hall–Kier alpha value is -5.37. The molecule has 0 aliphatic rings. The van der Waals surface area contributed by atoms with Crippen LogP contribution in [0.3, 0.4) is 0 Å². The van der Waals surface area contributed by atoms with Crippen molar-refractivity contribution in [2.75, 3.05) is 0 Å². The lowest BCUT2D eigenvalue weighted by Gasteiger charge is -2.28. The molecule has 0 saturated heterocycles. The Morgan fingerprint density at radius 3 is 1.62 bits per heavy atom. The van der Waals surface area contributed by atoms with Crippen LogP contribution in [0.5, 0.6) is 5.75 Å². The van der Waals surface area contributed by atoms with E-state index in [-0.39, 0.29) is 27.4 Å². The van der Waals surface area contributed by atoms with E-state index in [1.54, 1.807) is 0 Å². The normalized spacial score (nSPS) is 13.0. The number of nitrogens with zero attached hydrogens (tertiary/aromatic N) is 2. The molecule has 0 aliphatic heterocycles. The lowest BCUT2D eigenvalue weighted by atomic mass is 9.78. The number of aromatic nitrogens is 2. The van der Waals surface area contributed by atoms with Crippen molar-refractivity contribution < 1.29 is 5.11 Å². The number of rotatable bonds is 7. The molecule has 0 amide bonds. The van der Waals surface area contributed by atoms with Gasteiger partial charge in [-0.3, -0.25) is 4.98 Å². The fraction of sp³-hybridized carbons (Fsp3) is 0.286. The Morgan fingerprint density at radius 1 is 0.433 bits per heavy atom. The van der Waals surface area contributed by atoms with E-state index in [0.29, 0.717) is 0 Å². The highest BCUT2D eigenvalue weighted by Crippen LogP contribution is 2.44. The van der Waals surface area contributed by atoms with Crippen molar-refractivity contribution in [1.29, 1.82) is 0 Å². The molecular weight excluding hydrogens is 748 g/mol. The molecule has 0 saturated carbocycles. The van der Waals surface area contributed by atoms with Crippen molar-refractivity contribution >= 4 is 24.0 Å². The summed E-state index contributed by atoms with van der Waals surface area (Å²) < 4.78 is 0. The first-order chi connectivity index (χ1) is 28.2. The standard InChI is InChI=1S/C56H61N2OP/c1-53(2,3)41-29-39(30-42(34-41)54(4,5)6)40-32-48(58-49(33-40)46-35-43(55(7,8)9)36-47(52(46)59)56(10,11)12)38-23-20-24-44(31-38)60(51-27-18-19-28-57-51)50-26-17-16-25-45(50)37-21-14-13-15-22-37/h13-36,59H,1-12H3. The fourth-order valence-electron chi connectivity index (χ4n) is 7.69. The Kier molecular flexibility index (Phi) is 11.6. The fourth-order valence-corrected chi connectivity index (χ4v) is 10.1. The van der Waals surface area contributed by atoms with Crippen LogP contribution in [0, 0.1) is 0 Å². The summed E-state index contributed by atoms with van der Waals surface area (Å²) in [6.45, 7) is 26.9. The molecule has 0 radical (unpaired) electrons. The monoisotopic (exact) mass is 808 g/mol. The molecule has 2 heterocycles. The molecule has 0 aliphatic carbocycles. The molecule has 0 bridgehead atoms. The molecule has 4 heteroatoms. The van der Waals surface area contributed by atoms with Gasteiger partial charge >= 0.3 is 0 Å². The van der Waals surface area contributed by atoms with Crippen LogP contribution >= 0.6 is 7.92 Å². The van der Waals surface area contributed by atoms with E-state index in [1.165, 1.54) is 38.4 Å². The van der Waals surface area contributed by atoms with Crippen molar-refractivity contribution in [3.05, 3.63) is 168 Å². The maximum atomic E-state index is 12.2. The quantitative estimate of drug-likeness (QED) is 0.163. The Morgan fingerprint density at radius 2 is 1.00 bits per heavy atom. The second-order valence-electron chi connectivity index (χ2n) is 20.3. The minimum Gasteiger partial charge on any atom is -0.507 e. The summed E-state index contributed by atoms with van der Waals surface area (Å²) >= 11 is 0. The summed E-state index contributed by atoms with van der Waals surface area (Å²) in [7, 11) is -1.05. The van der Waals surface area contributed by atoms with Crippen LogP contribution in [-0.4, -0.2) is 15.1 Å². The lowest BCUT2D eigenvalue weighted by Crippen LogP contribution is -2.24. The summed E-state index contributed by atoms with van der Waals surface area (Å²) in [5.41, 5.74) is 13.2. The minimum absolute atomic E-state index is 0.0529. The predicted molar refractivity (Wildman–Crippen MR) is 259 cm³/mol. The van der Waals surface area contributed by atoms with Crippen LogP contribution in [0.1, 0.15) is 105 Å². The van der Waals surface area contributed by atoms with Gasteiger partial charge < -0.3 is 5.11 Å². The van der Waals surface area contributed by atoms with Gasteiger partial charge in [-0.2, -0.15) is 0 Å². The topological polar surface area (TPSA) is 46.0 Å². The number of aromatic hydroxyl groups is 1. The molecule has 3 nitrogen and oxygen atoms in total. The predicted octanol–water partition coefficient (Wildman–Crippen LogP) is 13.8. The van der Waals surface area contributed by atoms with Gasteiger partial charge in [-0.15, -0.1) is 0 Å². The largest absolute Gasteiger partial charge is 0.507 e. The third kappa shape index (κ3) is 9.18. The zero-order valence-electron chi connectivity index (χ0n) is 37.6. The summed E-state index contributed by atoms with van der Waals surface area (Å²) in [5.74, 6) is 0.287. The van der Waals surface area contributed by atoms with Crippen LogP contribution in [0.15, 0.2) is 146 Å². The van der Waals surface area contributed by atoms with Crippen molar-refractivity contribution in [1.82, 2.24) is 9.97 Å². The SMILES string of the molecule is CC(C)(C)c1cc(-c2cc(-c3cccc(P(c4ccccn4)c4ccccc4-c4ccccc4)c3)nc(-c3cc(C(C)(C)C)cc(C(C)(C)C)c3O)c2)cc(C(C)(C)C)c1. The van der Waals surface area contributed by atoms with E-state index in [4.69, 9.17) is 9.97 Å². The van der Waals surface area contributed by atoms with Crippen LogP contribution in [0.25, 0.3) is 44.8 Å². The minimum atomic E-state index is -1.05. The molecule has 7 aromatic rings. The van der Waals surface area contributed by atoms with Crippen molar-refractivity contribution in [3.8, 4) is 50.5 Å². The highest BCUT2D eigenvalue weighted by atomic mass is 31.1. The van der Waals surface area contributed by atoms with Gasteiger partial charge in [0.05, 0.1) is 16.8 Å². The molecule has 0 spiro atoms. The molecule has 1 unspecified atom stereocenters. The molecule has 2 aromatic heterocycles. The van der Waals surface area contributed by atoms with Gasteiger partial charge in [-0.25, -0.2) is 4.98 Å². The zero-order valence-corrected chi connectivity index (χ0v) is 38.5. The van der Waals surface area contributed by atoms with Crippen molar-refractivity contribution in [3.63, 3.8) is 0 Å². The van der Waals surface area contributed by atoms with E-state index < -0.39 is 7.92 Å². The van der Waals surface area contributed by atoms with E-state index in [0.717, 1.165) is 44.6 Å². The van der Waals surface area contributed by atoms with Gasteiger partial charge in [0.2, 0.25) is 0 Å². The van der Waals surface area contributed by atoms with Gasteiger partial charge in [0.15, 0.2) is 0 Å². The molecule has 1 atom stereocenters. The number of benzene rings is 5. The van der Waals surface area contributed by atoms with Crippen molar-refractivity contribution in [2.45, 2.75) is 105 Å². The van der Waals surface area contributed by atoms with Crippen molar-refractivity contribution in [2.24, 2.45) is 0 Å². The number of pyridine rings is 2. The summed E-state index contributed by atoms with van der Waals surface area (Å²) in [5, 5.41) is 14.7. The van der Waals surface area contributed by atoms with E-state index in [2.05, 4.69) is 217 Å². The van der Waals surface area contributed by atoms with Gasteiger partial charge in [-0.05, 0) is 108 Å². The Balaban J connectivity index is 1.51. The first-order valence-electron chi connectivity index (χ1n) is 21.2. The molecule has 0 fully saturated rings. The van der Waals surface area contributed by atoms with Gasteiger partial charge in [-0.1, -0.05) is 186 Å². The lowest BCUT2D eigenvalue weighted by molar-refractivity contribution is 0.446. The summed E-state index contributed by atoms with van der Waals surface area (Å²) in [4.78, 5) is 10.5. The molecular formula is C56H61N2OP. The maximum absolute atomic E-state index is 12.2. The van der Waals surface area contributed by atoms with E-state index >= 15 is 0 Å². The van der Waals surface area contributed by atoms with Crippen LogP contribution < -0.4 is 16.0 Å². The van der Waals surface area contributed by atoms with Crippen LogP contribution in [0.2, 0.25) is 0 Å². The number of phenols is 1. The molecule has 7 rings (SSSR count). The molecule has 306 valence electrons. The van der Waals surface area contributed by atoms with Gasteiger partial charge in [0.25, 0.3) is 0 Å². The third-order valence-electron chi connectivity index (χ3n) is 11.4.